The van der Waals surface area contributed by atoms with Gasteiger partial charge in [-0.15, -0.1) is 0 Å². The Labute approximate surface area is 120 Å². The topological polar surface area (TPSA) is 65.5 Å². The van der Waals surface area contributed by atoms with Crippen molar-refractivity contribution in [2.24, 2.45) is 0 Å². The second kappa shape index (κ2) is 5.52. The minimum atomic E-state index is 0.246. The van der Waals surface area contributed by atoms with E-state index in [1.165, 1.54) is 0 Å². The lowest BCUT2D eigenvalue weighted by molar-refractivity contribution is 0.174. The Morgan fingerprint density at radius 1 is 1.25 bits per heavy atom. The molecule has 0 aliphatic carbocycles. The van der Waals surface area contributed by atoms with Gasteiger partial charge in [-0.05, 0) is 12.1 Å². The predicted octanol–water partition coefficient (Wildman–Crippen LogP) is 2.75. The summed E-state index contributed by atoms with van der Waals surface area (Å²) in [6, 6.07) is 7.20. The molecule has 2 heterocycles. The number of halogens is 1. The number of ether oxygens (including phenoxy) is 3. The van der Waals surface area contributed by atoms with Crippen LogP contribution in [0.2, 0.25) is 5.15 Å². The van der Waals surface area contributed by atoms with Gasteiger partial charge in [0, 0.05) is 24.9 Å². The first-order chi connectivity index (χ1) is 9.74. The summed E-state index contributed by atoms with van der Waals surface area (Å²) >= 11 is 5.95. The van der Waals surface area contributed by atoms with Crippen LogP contribution in [0.25, 0.3) is 0 Å². The molecule has 6 nitrogen and oxygen atoms in total. The molecule has 0 bridgehead atoms. The number of nitrogens with one attached hydrogen (secondary N) is 1. The zero-order valence-corrected chi connectivity index (χ0v) is 11.5. The molecule has 0 saturated carbocycles. The molecule has 104 valence electrons. The molecule has 1 aromatic carbocycles. The lowest BCUT2D eigenvalue weighted by Gasteiger charge is -2.08. The van der Waals surface area contributed by atoms with E-state index in [2.05, 4.69) is 15.3 Å². The Hall–Kier alpha value is -2.05. The molecule has 0 unspecified atom stereocenters. The monoisotopic (exact) mass is 293 g/mol. The molecule has 20 heavy (non-hydrogen) atoms. The van der Waals surface area contributed by atoms with Crippen molar-refractivity contribution in [2.45, 2.75) is 6.61 Å². The smallest absolute Gasteiger partial charge is 0.231 e. The first-order valence-corrected chi connectivity index (χ1v) is 6.31. The molecule has 1 aliphatic heterocycles. The van der Waals surface area contributed by atoms with Crippen molar-refractivity contribution in [1.82, 2.24) is 9.97 Å². The van der Waals surface area contributed by atoms with Gasteiger partial charge in [0.05, 0.1) is 0 Å². The first-order valence-electron chi connectivity index (χ1n) is 5.93. The number of methoxy groups -OCH3 is 1. The maximum Gasteiger partial charge on any atom is 0.231 e. The number of nitrogens with zero attached hydrogens (tertiary/aromatic N) is 2. The Kier molecular flexibility index (Phi) is 3.58. The summed E-state index contributed by atoms with van der Waals surface area (Å²) in [4.78, 5) is 8.38. The second-order valence-corrected chi connectivity index (χ2v) is 4.51. The van der Waals surface area contributed by atoms with Crippen LogP contribution in [0.5, 0.6) is 11.5 Å². The third-order valence-electron chi connectivity index (χ3n) is 2.66. The van der Waals surface area contributed by atoms with E-state index in [1.807, 2.05) is 18.2 Å². The highest BCUT2D eigenvalue weighted by molar-refractivity contribution is 6.29. The van der Waals surface area contributed by atoms with E-state index in [0.29, 0.717) is 29.2 Å². The number of benzene rings is 1. The maximum atomic E-state index is 5.95. The van der Waals surface area contributed by atoms with Crippen LogP contribution in [0, 0.1) is 0 Å². The van der Waals surface area contributed by atoms with Crippen molar-refractivity contribution >= 4 is 23.1 Å². The summed E-state index contributed by atoms with van der Waals surface area (Å²) in [7, 11) is 1.58. The van der Waals surface area contributed by atoms with Crippen LogP contribution in [0.1, 0.15) is 5.82 Å². The molecule has 2 aromatic rings. The lowest BCUT2D eigenvalue weighted by Crippen LogP contribution is -2.01. The van der Waals surface area contributed by atoms with E-state index in [0.717, 1.165) is 11.4 Å². The molecular formula is C13H12ClN3O3. The zero-order chi connectivity index (χ0) is 13.9. The van der Waals surface area contributed by atoms with Gasteiger partial charge in [-0.1, -0.05) is 11.6 Å². The summed E-state index contributed by atoms with van der Waals surface area (Å²) < 4.78 is 15.6. The third kappa shape index (κ3) is 2.76. The van der Waals surface area contributed by atoms with Gasteiger partial charge >= 0.3 is 0 Å². The van der Waals surface area contributed by atoms with Crippen LogP contribution < -0.4 is 14.8 Å². The molecule has 7 heteroatoms. The van der Waals surface area contributed by atoms with Gasteiger partial charge in [0.2, 0.25) is 6.79 Å². The van der Waals surface area contributed by atoms with Crippen molar-refractivity contribution in [2.75, 3.05) is 19.2 Å². The third-order valence-corrected chi connectivity index (χ3v) is 2.85. The fourth-order valence-electron chi connectivity index (χ4n) is 1.84. The van der Waals surface area contributed by atoms with Gasteiger partial charge in [0.25, 0.3) is 0 Å². The standard InChI is InChI=1S/C13H12ClN3O3/c1-18-6-13-16-11(14)5-12(17-13)15-8-2-3-9-10(4-8)20-7-19-9/h2-5H,6-7H2,1H3,(H,15,16,17). The quantitative estimate of drug-likeness (QED) is 0.875. The second-order valence-electron chi connectivity index (χ2n) is 4.12. The van der Waals surface area contributed by atoms with Gasteiger partial charge < -0.3 is 19.5 Å². The van der Waals surface area contributed by atoms with Gasteiger partial charge in [0.1, 0.15) is 17.6 Å². The molecule has 0 fully saturated rings. The van der Waals surface area contributed by atoms with Crippen LogP contribution in [-0.2, 0) is 11.3 Å². The summed E-state index contributed by atoms with van der Waals surface area (Å²) in [5.74, 6) is 2.54. The van der Waals surface area contributed by atoms with Crippen LogP contribution >= 0.6 is 11.6 Å². The van der Waals surface area contributed by atoms with E-state index in [-0.39, 0.29) is 6.79 Å². The Balaban J connectivity index is 1.83. The molecule has 0 spiro atoms. The number of aromatic nitrogens is 2. The maximum absolute atomic E-state index is 5.95. The fraction of sp³-hybridized carbons (Fsp3) is 0.231. The summed E-state index contributed by atoms with van der Waals surface area (Å²) in [6.45, 7) is 0.548. The number of anilines is 2. The number of fused-ring (bicyclic) bond motifs is 1. The molecule has 1 aliphatic rings. The highest BCUT2D eigenvalue weighted by Crippen LogP contribution is 2.35. The molecule has 0 atom stereocenters. The van der Waals surface area contributed by atoms with Gasteiger partial charge in [-0.3, -0.25) is 0 Å². The average molecular weight is 294 g/mol. The SMILES string of the molecule is COCc1nc(Cl)cc(Nc2ccc3c(c2)OCO3)n1. The van der Waals surface area contributed by atoms with Gasteiger partial charge in [0.15, 0.2) is 17.3 Å². The minimum Gasteiger partial charge on any atom is -0.454 e. The number of hydrogen-bond donors (Lipinski definition) is 1. The van der Waals surface area contributed by atoms with Crippen molar-refractivity contribution in [3.8, 4) is 11.5 Å². The van der Waals surface area contributed by atoms with E-state index in [4.69, 9.17) is 25.8 Å². The fourth-order valence-corrected chi connectivity index (χ4v) is 2.05. The molecule has 1 N–H and O–H groups in total. The molecule has 3 rings (SSSR count). The molecule has 1 aromatic heterocycles. The van der Waals surface area contributed by atoms with E-state index in [9.17, 15) is 0 Å². The van der Waals surface area contributed by atoms with E-state index >= 15 is 0 Å². The molecular weight excluding hydrogens is 282 g/mol. The summed E-state index contributed by atoms with van der Waals surface area (Å²) in [5.41, 5.74) is 0.826. The van der Waals surface area contributed by atoms with Crippen molar-refractivity contribution in [3.63, 3.8) is 0 Å². The summed E-state index contributed by atoms with van der Waals surface area (Å²) in [6.07, 6.45) is 0. The van der Waals surface area contributed by atoms with E-state index < -0.39 is 0 Å². The van der Waals surface area contributed by atoms with Crippen molar-refractivity contribution in [1.29, 1.82) is 0 Å². The van der Waals surface area contributed by atoms with Crippen LogP contribution in [0.4, 0.5) is 11.5 Å². The van der Waals surface area contributed by atoms with Crippen LogP contribution in [0.15, 0.2) is 24.3 Å². The predicted molar refractivity (Wildman–Crippen MR) is 73.6 cm³/mol. The highest BCUT2D eigenvalue weighted by atomic mass is 35.5. The Morgan fingerprint density at radius 2 is 2.10 bits per heavy atom. The van der Waals surface area contributed by atoms with Crippen LogP contribution in [-0.4, -0.2) is 23.9 Å². The van der Waals surface area contributed by atoms with Gasteiger partial charge in [-0.25, -0.2) is 9.97 Å². The molecule has 0 amide bonds. The lowest BCUT2D eigenvalue weighted by atomic mass is 10.3. The number of rotatable bonds is 4. The van der Waals surface area contributed by atoms with Crippen molar-refractivity contribution in [3.05, 3.63) is 35.2 Å². The zero-order valence-electron chi connectivity index (χ0n) is 10.7. The van der Waals surface area contributed by atoms with Gasteiger partial charge in [-0.2, -0.15) is 0 Å². The Bertz CT molecular complexity index is 636. The average Bonchev–Trinajstić information content (AvgIpc) is 2.85. The normalized spacial score (nSPS) is 12.5. The first kappa shape index (κ1) is 13.0. The minimum absolute atomic E-state index is 0.246. The summed E-state index contributed by atoms with van der Waals surface area (Å²) in [5, 5.41) is 3.50. The Morgan fingerprint density at radius 3 is 2.95 bits per heavy atom. The largest absolute Gasteiger partial charge is 0.454 e. The molecule has 0 saturated heterocycles. The van der Waals surface area contributed by atoms with Crippen LogP contribution in [0.3, 0.4) is 0 Å². The molecule has 0 radical (unpaired) electrons. The highest BCUT2D eigenvalue weighted by Gasteiger charge is 2.13. The number of hydrogen-bond acceptors (Lipinski definition) is 6. The van der Waals surface area contributed by atoms with Crippen molar-refractivity contribution < 1.29 is 14.2 Å². The van der Waals surface area contributed by atoms with E-state index in [1.54, 1.807) is 13.2 Å².